The molecule has 0 radical (unpaired) electrons. The Kier molecular flexibility index (Phi) is 6.18. The largest absolute Gasteiger partial charge is 0.370 e. The van der Waals surface area contributed by atoms with Crippen molar-refractivity contribution in [3.05, 3.63) is 77.7 Å². The van der Waals surface area contributed by atoms with Crippen molar-refractivity contribution < 1.29 is 9.59 Å². The van der Waals surface area contributed by atoms with Gasteiger partial charge in [0.1, 0.15) is 11.1 Å². The van der Waals surface area contributed by atoms with Gasteiger partial charge < -0.3 is 15.3 Å². The minimum Gasteiger partial charge on any atom is -0.370 e. The molecule has 3 N–H and O–H groups in total. The molecule has 2 aromatic carbocycles. The van der Waals surface area contributed by atoms with Gasteiger partial charge in [0.25, 0.3) is 0 Å². The fourth-order valence-corrected chi connectivity index (χ4v) is 4.75. The minimum absolute atomic E-state index is 0.00186. The van der Waals surface area contributed by atoms with Crippen LogP contribution in [0.15, 0.2) is 66.0 Å². The second kappa shape index (κ2) is 9.18. The molecule has 4 rings (SSSR count). The summed E-state index contributed by atoms with van der Waals surface area (Å²) >= 11 is 1.37. The van der Waals surface area contributed by atoms with Crippen LogP contribution in [-0.2, 0) is 17.8 Å². The molecule has 31 heavy (non-hydrogen) atoms. The maximum Gasteiger partial charge on any atom is 0.217 e. The Morgan fingerprint density at radius 1 is 1.10 bits per heavy atom. The summed E-state index contributed by atoms with van der Waals surface area (Å²) in [6.45, 7) is 2.62. The Balaban J connectivity index is 1.70. The zero-order chi connectivity index (χ0) is 21.8. The van der Waals surface area contributed by atoms with Gasteiger partial charge in [-0.05, 0) is 18.6 Å². The molecule has 2 heterocycles. The molecular weight excluding hydrogens is 410 g/mol. The monoisotopic (exact) mass is 433 g/mol. The number of hydrogen-bond acceptors (Lipinski definition) is 5. The highest BCUT2D eigenvalue weighted by molar-refractivity contribution is 8.00. The molecule has 158 valence electrons. The number of rotatable bonds is 9. The number of Topliss-reactive ketones (excluding diaryl/α,β-unsaturated/α-hetero) is 1. The van der Waals surface area contributed by atoms with E-state index in [0.29, 0.717) is 29.5 Å². The van der Waals surface area contributed by atoms with Crippen LogP contribution in [0, 0.1) is 0 Å². The average Bonchev–Trinajstić information content (AvgIpc) is 3.39. The molecule has 0 aliphatic heterocycles. The molecular formula is C23H23N5O2S. The number of ketones is 1. The number of aromatic nitrogens is 4. The molecule has 0 saturated heterocycles. The summed E-state index contributed by atoms with van der Waals surface area (Å²) in [4.78, 5) is 28.1. The summed E-state index contributed by atoms with van der Waals surface area (Å²) in [6, 6.07) is 17.4. The highest BCUT2D eigenvalue weighted by Crippen LogP contribution is 2.38. The number of benzene rings is 2. The van der Waals surface area contributed by atoms with Gasteiger partial charge >= 0.3 is 0 Å². The Labute approximate surface area is 184 Å². The van der Waals surface area contributed by atoms with E-state index >= 15 is 0 Å². The maximum atomic E-state index is 13.7. The lowest BCUT2D eigenvalue weighted by atomic mass is 10.0. The minimum atomic E-state index is -0.487. The number of carbonyl (C=O) groups is 2. The topological polar surface area (TPSA) is 107 Å². The number of amides is 1. The second-order valence-electron chi connectivity index (χ2n) is 7.13. The quantitative estimate of drug-likeness (QED) is 0.307. The van der Waals surface area contributed by atoms with Crippen LogP contribution in [0.1, 0.15) is 40.3 Å². The van der Waals surface area contributed by atoms with Gasteiger partial charge in [0.2, 0.25) is 5.91 Å². The van der Waals surface area contributed by atoms with E-state index in [4.69, 9.17) is 5.73 Å². The molecule has 0 fully saturated rings. The standard InChI is InChI=1S/C23H23N5O2S/c1-2-28-20(13-12-19(24)29)26-27-23(28)31-22(15-8-4-3-5-9-15)21(30)17-14-25-18-11-7-6-10-16(17)18/h3-11,14,22,25H,2,12-13H2,1H3,(H2,24,29)/t22-/m1/s1. The Morgan fingerprint density at radius 2 is 1.84 bits per heavy atom. The third kappa shape index (κ3) is 4.39. The van der Waals surface area contributed by atoms with Crippen LogP contribution in [-0.4, -0.2) is 31.4 Å². The molecule has 0 unspecified atom stereocenters. The number of thioether (sulfide) groups is 1. The maximum absolute atomic E-state index is 13.7. The first kappa shape index (κ1) is 20.9. The lowest BCUT2D eigenvalue weighted by Crippen LogP contribution is -2.14. The number of primary amides is 1. The van der Waals surface area contributed by atoms with Gasteiger partial charge in [0, 0.05) is 42.0 Å². The Bertz CT molecular complexity index is 1220. The summed E-state index contributed by atoms with van der Waals surface area (Å²) in [5, 5.41) is 9.62. The van der Waals surface area contributed by atoms with Gasteiger partial charge in [-0.15, -0.1) is 10.2 Å². The molecule has 1 amide bonds. The van der Waals surface area contributed by atoms with Crippen molar-refractivity contribution in [2.24, 2.45) is 5.73 Å². The highest BCUT2D eigenvalue weighted by atomic mass is 32.2. The zero-order valence-electron chi connectivity index (χ0n) is 17.1. The van der Waals surface area contributed by atoms with Crippen molar-refractivity contribution in [2.45, 2.75) is 36.7 Å². The van der Waals surface area contributed by atoms with Gasteiger partial charge in [-0.25, -0.2) is 0 Å². The zero-order valence-corrected chi connectivity index (χ0v) is 17.9. The predicted octanol–water partition coefficient (Wildman–Crippen LogP) is 3.91. The predicted molar refractivity (Wildman–Crippen MR) is 121 cm³/mol. The summed E-state index contributed by atoms with van der Waals surface area (Å²) in [7, 11) is 0. The van der Waals surface area contributed by atoms with Crippen LogP contribution >= 0.6 is 11.8 Å². The summed E-state index contributed by atoms with van der Waals surface area (Å²) < 4.78 is 1.94. The van der Waals surface area contributed by atoms with E-state index in [2.05, 4.69) is 15.2 Å². The summed E-state index contributed by atoms with van der Waals surface area (Å²) in [5.41, 5.74) is 7.75. The molecule has 8 heteroatoms. The van der Waals surface area contributed by atoms with Gasteiger partial charge in [-0.1, -0.05) is 60.3 Å². The fraction of sp³-hybridized carbons (Fsp3) is 0.217. The van der Waals surface area contributed by atoms with Crippen molar-refractivity contribution in [1.29, 1.82) is 0 Å². The first-order chi connectivity index (χ1) is 15.1. The number of nitrogens with two attached hydrogens (primary N) is 1. The van der Waals surface area contributed by atoms with Crippen LogP contribution in [0.5, 0.6) is 0 Å². The molecule has 0 spiro atoms. The lowest BCUT2D eigenvalue weighted by molar-refractivity contribution is -0.118. The molecule has 7 nitrogen and oxygen atoms in total. The number of nitrogens with zero attached hydrogens (tertiary/aromatic N) is 3. The number of para-hydroxylation sites is 1. The molecule has 1 atom stereocenters. The van der Waals surface area contributed by atoms with Crippen molar-refractivity contribution in [2.75, 3.05) is 0 Å². The number of fused-ring (bicyclic) bond motifs is 1. The SMILES string of the molecule is CCn1c(CCC(N)=O)nnc1S[C@@H](C(=O)c1c[nH]c2ccccc12)c1ccccc1. The van der Waals surface area contributed by atoms with Crippen molar-refractivity contribution in [1.82, 2.24) is 19.7 Å². The summed E-state index contributed by atoms with van der Waals surface area (Å²) in [5.74, 6) is 0.310. The van der Waals surface area contributed by atoms with Crippen molar-refractivity contribution >= 4 is 34.4 Å². The fourth-order valence-electron chi connectivity index (χ4n) is 3.57. The van der Waals surface area contributed by atoms with Crippen LogP contribution < -0.4 is 5.73 Å². The molecule has 4 aromatic rings. The number of H-pyrrole nitrogens is 1. The molecule has 0 aliphatic rings. The third-order valence-electron chi connectivity index (χ3n) is 5.12. The van der Waals surface area contributed by atoms with Gasteiger partial charge in [-0.2, -0.15) is 0 Å². The lowest BCUT2D eigenvalue weighted by Gasteiger charge is -2.16. The van der Waals surface area contributed by atoms with Crippen molar-refractivity contribution in [3.63, 3.8) is 0 Å². The van der Waals surface area contributed by atoms with E-state index in [1.54, 1.807) is 6.20 Å². The highest BCUT2D eigenvalue weighted by Gasteiger charge is 2.28. The number of aromatic amines is 1. The van der Waals surface area contributed by atoms with Crippen LogP contribution in [0.2, 0.25) is 0 Å². The number of aryl methyl sites for hydroxylation is 1. The van der Waals surface area contributed by atoms with E-state index < -0.39 is 5.25 Å². The van der Waals surface area contributed by atoms with E-state index in [9.17, 15) is 9.59 Å². The molecule has 0 saturated carbocycles. The second-order valence-corrected chi connectivity index (χ2v) is 8.20. The number of hydrogen-bond donors (Lipinski definition) is 2. The summed E-state index contributed by atoms with van der Waals surface area (Å²) in [6.07, 6.45) is 2.40. The van der Waals surface area contributed by atoms with Gasteiger partial charge in [0.05, 0.1) is 0 Å². The van der Waals surface area contributed by atoms with Gasteiger partial charge in [0.15, 0.2) is 10.9 Å². The van der Waals surface area contributed by atoms with E-state index in [1.807, 2.05) is 66.1 Å². The first-order valence-electron chi connectivity index (χ1n) is 10.1. The van der Waals surface area contributed by atoms with Crippen LogP contribution in [0.4, 0.5) is 0 Å². The normalized spacial score (nSPS) is 12.2. The Hall–Kier alpha value is -3.39. The van der Waals surface area contributed by atoms with E-state index in [1.165, 1.54) is 11.8 Å². The number of carbonyl (C=O) groups excluding carboxylic acids is 2. The van der Waals surface area contributed by atoms with E-state index in [-0.39, 0.29) is 18.1 Å². The van der Waals surface area contributed by atoms with E-state index in [0.717, 1.165) is 16.5 Å². The smallest absolute Gasteiger partial charge is 0.217 e. The number of nitrogens with one attached hydrogen (secondary N) is 1. The molecule has 0 bridgehead atoms. The van der Waals surface area contributed by atoms with Crippen LogP contribution in [0.25, 0.3) is 10.9 Å². The van der Waals surface area contributed by atoms with Gasteiger partial charge in [-0.3, -0.25) is 9.59 Å². The molecule has 2 aromatic heterocycles. The molecule has 0 aliphatic carbocycles. The van der Waals surface area contributed by atoms with Crippen molar-refractivity contribution in [3.8, 4) is 0 Å². The van der Waals surface area contributed by atoms with Crippen LogP contribution in [0.3, 0.4) is 0 Å². The average molecular weight is 434 g/mol. The first-order valence-corrected chi connectivity index (χ1v) is 11.0. The third-order valence-corrected chi connectivity index (χ3v) is 6.36. The Morgan fingerprint density at radius 3 is 2.58 bits per heavy atom.